The fourth-order valence-electron chi connectivity index (χ4n) is 4.16. The van der Waals surface area contributed by atoms with Crippen LogP contribution in [0.15, 0.2) is 84.9 Å². The summed E-state index contributed by atoms with van der Waals surface area (Å²) in [6.45, 7) is 3.72. The molecule has 3 aromatic heterocycles. The molecule has 0 amide bonds. The molecular weight excluding hydrogens is 424 g/mol. The second kappa shape index (κ2) is 8.04. The molecule has 34 heavy (non-hydrogen) atoms. The summed E-state index contributed by atoms with van der Waals surface area (Å²) in [5, 5.41) is 19.1. The summed E-state index contributed by atoms with van der Waals surface area (Å²) in [5.41, 5.74) is 4.98. The fourth-order valence-corrected chi connectivity index (χ4v) is 4.16. The number of benzene rings is 3. The van der Waals surface area contributed by atoms with E-state index in [4.69, 9.17) is 4.74 Å². The zero-order valence-corrected chi connectivity index (χ0v) is 18.7. The Kier molecular flexibility index (Phi) is 4.73. The molecule has 0 saturated carbocycles. The first-order chi connectivity index (χ1) is 16.7. The molecule has 6 rings (SSSR count). The molecule has 0 saturated heterocycles. The maximum Gasteiger partial charge on any atom is 0.273 e. The van der Waals surface area contributed by atoms with E-state index in [1.54, 1.807) is 6.92 Å². The quantitative estimate of drug-likeness (QED) is 0.340. The molecule has 3 heterocycles. The van der Waals surface area contributed by atoms with E-state index in [1.807, 2.05) is 60.0 Å². The van der Waals surface area contributed by atoms with Gasteiger partial charge >= 0.3 is 0 Å². The Morgan fingerprint density at radius 2 is 1.41 bits per heavy atom. The van der Waals surface area contributed by atoms with E-state index in [-0.39, 0.29) is 0 Å². The number of fused-ring (bicyclic) bond motifs is 3. The number of rotatable bonds is 4. The fraction of sp³-hybridized carbons (Fsp3) is 0.0741. The molecule has 7 heteroatoms. The molecule has 0 bridgehead atoms. The normalized spacial score (nSPS) is 11.2. The second-order valence-electron chi connectivity index (χ2n) is 8.08. The van der Waals surface area contributed by atoms with Crippen LogP contribution >= 0.6 is 0 Å². The number of hydrogen-bond acceptors (Lipinski definition) is 6. The van der Waals surface area contributed by atoms with Gasteiger partial charge in [-0.3, -0.25) is 4.57 Å². The van der Waals surface area contributed by atoms with Crippen molar-refractivity contribution in [3.05, 3.63) is 96.4 Å². The molecule has 6 aromatic rings. The van der Waals surface area contributed by atoms with E-state index in [9.17, 15) is 0 Å². The Labute approximate surface area is 195 Å². The van der Waals surface area contributed by atoms with Gasteiger partial charge in [0.05, 0.1) is 11.0 Å². The van der Waals surface area contributed by atoms with Gasteiger partial charge in [0, 0.05) is 22.5 Å². The van der Waals surface area contributed by atoms with Crippen molar-refractivity contribution < 1.29 is 4.74 Å². The van der Waals surface area contributed by atoms with E-state index in [0.29, 0.717) is 17.7 Å². The highest BCUT2D eigenvalue weighted by Gasteiger charge is 2.15. The van der Waals surface area contributed by atoms with Crippen LogP contribution in [0.2, 0.25) is 0 Å². The number of aryl methyl sites for hydroxylation is 2. The van der Waals surface area contributed by atoms with Gasteiger partial charge in [0.1, 0.15) is 5.75 Å². The lowest BCUT2D eigenvalue weighted by atomic mass is 10.0. The molecule has 0 aliphatic heterocycles. The van der Waals surface area contributed by atoms with Crippen LogP contribution in [-0.2, 0) is 0 Å². The largest absolute Gasteiger partial charge is 0.439 e. The van der Waals surface area contributed by atoms with E-state index in [1.165, 1.54) is 0 Å². The van der Waals surface area contributed by atoms with Crippen molar-refractivity contribution in [2.75, 3.05) is 0 Å². The molecule has 0 spiro atoms. The van der Waals surface area contributed by atoms with Crippen LogP contribution < -0.4 is 4.74 Å². The van der Waals surface area contributed by atoms with Crippen LogP contribution in [-0.4, -0.2) is 29.9 Å². The van der Waals surface area contributed by atoms with Crippen molar-refractivity contribution in [3.63, 3.8) is 0 Å². The second-order valence-corrected chi connectivity index (χ2v) is 8.08. The number of ether oxygens (including phenoxy) is 1. The molecular formula is C27H20N6O. The van der Waals surface area contributed by atoms with Crippen LogP contribution in [0.3, 0.4) is 0 Å². The Morgan fingerprint density at radius 1 is 0.647 bits per heavy atom. The van der Waals surface area contributed by atoms with Crippen LogP contribution in [0, 0.1) is 13.8 Å². The first kappa shape index (κ1) is 20.0. The van der Waals surface area contributed by atoms with Gasteiger partial charge in [-0.1, -0.05) is 48.5 Å². The number of aromatic nitrogens is 6. The predicted octanol–water partition coefficient (Wildman–Crippen LogP) is 5.83. The van der Waals surface area contributed by atoms with Crippen LogP contribution in [0.4, 0.5) is 0 Å². The van der Waals surface area contributed by atoms with Gasteiger partial charge < -0.3 is 4.74 Å². The molecule has 0 atom stereocenters. The third-order valence-corrected chi connectivity index (χ3v) is 5.69. The minimum atomic E-state index is 0.441. The molecule has 164 valence electrons. The van der Waals surface area contributed by atoms with Crippen molar-refractivity contribution in [2.45, 2.75) is 13.8 Å². The van der Waals surface area contributed by atoms with Crippen LogP contribution in [0.25, 0.3) is 38.9 Å². The van der Waals surface area contributed by atoms with Crippen LogP contribution in [0.5, 0.6) is 11.6 Å². The molecule has 7 nitrogen and oxygen atoms in total. The SMILES string of the molecule is Cc1cccc(Oc2cccc(-c3ccc4c5ccccc5n(-c5nnc(C)nn5)c4c3)c2)n1. The number of para-hydroxylation sites is 1. The molecule has 0 aliphatic carbocycles. The van der Waals surface area contributed by atoms with Gasteiger partial charge in [-0.2, -0.15) is 0 Å². The minimum absolute atomic E-state index is 0.441. The Morgan fingerprint density at radius 3 is 2.26 bits per heavy atom. The topological polar surface area (TPSA) is 78.6 Å². The summed E-state index contributed by atoms with van der Waals surface area (Å²) in [6, 6.07) is 28.3. The third-order valence-electron chi connectivity index (χ3n) is 5.69. The zero-order chi connectivity index (χ0) is 23.1. The molecule has 3 aromatic carbocycles. The Hall–Kier alpha value is -4.65. The predicted molar refractivity (Wildman–Crippen MR) is 131 cm³/mol. The minimum Gasteiger partial charge on any atom is -0.439 e. The summed E-state index contributed by atoms with van der Waals surface area (Å²) in [5.74, 6) is 2.28. The monoisotopic (exact) mass is 444 g/mol. The Balaban J connectivity index is 1.48. The van der Waals surface area contributed by atoms with Crippen molar-refractivity contribution in [2.24, 2.45) is 0 Å². The van der Waals surface area contributed by atoms with Crippen LogP contribution in [0.1, 0.15) is 11.5 Å². The van der Waals surface area contributed by atoms with Gasteiger partial charge in [-0.15, -0.1) is 20.4 Å². The summed E-state index contributed by atoms with van der Waals surface area (Å²) >= 11 is 0. The van der Waals surface area contributed by atoms with E-state index < -0.39 is 0 Å². The van der Waals surface area contributed by atoms with Gasteiger partial charge in [0.15, 0.2) is 5.82 Å². The Bertz CT molecular complexity index is 1660. The maximum absolute atomic E-state index is 6.01. The number of hydrogen-bond donors (Lipinski definition) is 0. The average molecular weight is 444 g/mol. The van der Waals surface area contributed by atoms with Gasteiger partial charge in [0.2, 0.25) is 5.88 Å². The first-order valence-electron chi connectivity index (χ1n) is 11.0. The lowest BCUT2D eigenvalue weighted by molar-refractivity contribution is 0.462. The molecule has 0 unspecified atom stereocenters. The summed E-state index contributed by atoms with van der Waals surface area (Å²) in [7, 11) is 0. The van der Waals surface area contributed by atoms with E-state index in [2.05, 4.69) is 61.8 Å². The average Bonchev–Trinajstić information content (AvgIpc) is 3.18. The summed E-state index contributed by atoms with van der Waals surface area (Å²) in [4.78, 5) is 4.44. The summed E-state index contributed by atoms with van der Waals surface area (Å²) < 4.78 is 8.01. The lowest BCUT2D eigenvalue weighted by Gasteiger charge is -2.09. The van der Waals surface area contributed by atoms with Crippen molar-refractivity contribution in [1.82, 2.24) is 29.9 Å². The first-order valence-corrected chi connectivity index (χ1v) is 11.0. The zero-order valence-electron chi connectivity index (χ0n) is 18.7. The van der Waals surface area contributed by atoms with Crippen molar-refractivity contribution in [3.8, 4) is 28.7 Å². The highest BCUT2D eigenvalue weighted by atomic mass is 16.5. The number of pyridine rings is 1. The molecule has 0 aliphatic rings. The highest BCUT2D eigenvalue weighted by molar-refractivity contribution is 6.09. The molecule has 0 fully saturated rings. The van der Waals surface area contributed by atoms with Gasteiger partial charge in [0.25, 0.3) is 5.95 Å². The van der Waals surface area contributed by atoms with Crippen molar-refractivity contribution in [1.29, 1.82) is 0 Å². The van der Waals surface area contributed by atoms with E-state index >= 15 is 0 Å². The molecule has 0 N–H and O–H groups in total. The number of nitrogens with zero attached hydrogens (tertiary/aromatic N) is 6. The lowest BCUT2D eigenvalue weighted by Crippen LogP contribution is -2.06. The van der Waals surface area contributed by atoms with Gasteiger partial charge in [-0.25, -0.2) is 4.98 Å². The maximum atomic E-state index is 6.01. The van der Waals surface area contributed by atoms with Gasteiger partial charge in [-0.05, 0) is 55.3 Å². The van der Waals surface area contributed by atoms with E-state index in [0.717, 1.165) is 44.4 Å². The summed E-state index contributed by atoms with van der Waals surface area (Å²) in [6.07, 6.45) is 0. The highest BCUT2D eigenvalue weighted by Crippen LogP contribution is 2.34. The smallest absolute Gasteiger partial charge is 0.273 e. The third kappa shape index (κ3) is 3.53. The van der Waals surface area contributed by atoms with Crippen molar-refractivity contribution >= 4 is 21.8 Å². The molecule has 0 radical (unpaired) electrons. The standard InChI is InChI=1S/C27H20N6O/c1-17-7-5-12-26(28-17)34-21-9-6-8-19(15-21)20-13-14-23-22-10-3-4-11-24(22)33(25(23)16-20)27-31-29-18(2)30-32-27/h3-16H,1-2H3.